The molecule has 2 nitrogen and oxygen atoms in total. The van der Waals surface area contributed by atoms with Crippen molar-refractivity contribution >= 4 is 12.6 Å². The van der Waals surface area contributed by atoms with Gasteiger partial charge in [0.1, 0.15) is 0 Å². The van der Waals surface area contributed by atoms with E-state index in [0.717, 1.165) is 31.9 Å². The first kappa shape index (κ1) is 15.3. The maximum Gasteiger partial charge on any atom is 0.0474 e. The maximum absolute atomic E-state index is 5.05. The predicted octanol–water partition coefficient (Wildman–Crippen LogP) is 2.55. The van der Waals surface area contributed by atoms with Gasteiger partial charge < -0.3 is 9.64 Å². The Balaban J connectivity index is 3.86. The van der Waals surface area contributed by atoms with E-state index in [1.807, 2.05) is 0 Å². The molecule has 0 aliphatic carbocycles. The highest BCUT2D eigenvalue weighted by atomic mass is 32.1. The first-order valence-electron chi connectivity index (χ1n) is 5.70. The standard InChI is InChI=1S/C12H27NOS/c1-12(2,3)11(10-15)9-13(4)7-6-8-14-5/h11,15H,6-10H2,1-5H3. The van der Waals surface area contributed by atoms with Gasteiger partial charge in [-0.15, -0.1) is 0 Å². The van der Waals surface area contributed by atoms with E-state index in [1.54, 1.807) is 7.11 Å². The molecule has 0 saturated carbocycles. The van der Waals surface area contributed by atoms with Crippen LogP contribution in [0.2, 0.25) is 0 Å². The molecule has 3 heteroatoms. The minimum absolute atomic E-state index is 0.345. The molecule has 1 unspecified atom stereocenters. The number of ether oxygens (including phenoxy) is 1. The molecule has 0 rings (SSSR count). The third-order valence-electron chi connectivity index (χ3n) is 2.87. The molecule has 15 heavy (non-hydrogen) atoms. The van der Waals surface area contributed by atoms with E-state index in [2.05, 4.69) is 45.3 Å². The van der Waals surface area contributed by atoms with E-state index >= 15 is 0 Å². The van der Waals surface area contributed by atoms with Gasteiger partial charge in [-0.3, -0.25) is 0 Å². The van der Waals surface area contributed by atoms with Crippen LogP contribution in [0.4, 0.5) is 0 Å². The van der Waals surface area contributed by atoms with Gasteiger partial charge in [0, 0.05) is 26.8 Å². The molecular formula is C12H27NOS. The van der Waals surface area contributed by atoms with Crippen LogP contribution < -0.4 is 0 Å². The summed E-state index contributed by atoms with van der Waals surface area (Å²) in [6.07, 6.45) is 1.11. The molecular weight excluding hydrogens is 206 g/mol. The molecule has 0 amide bonds. The van der Waals surface area contributed by atoms with Gasteiger partial charge in [-0.1, -0.05) is 20.8 Å². The lowest BCUT2D eigenvalue weighted by atomic mass is 9.81. The Kier molecular flexibility index (Phi) is 7.66. The zero-order chi connectivity index (χ0) is 11.9. The molecule has 92 valence electrons. The molecule has 0 aromatic carbocycles. The first-order chi connectivity index (χ1) is 6.91. The molecule has 0 saturated heterocycles. The smallest absolute Gasteiger partial charge is 0.0474 e. The highest BCUT2D eigenvalue weighted by Gasteiger charge is 2.24. The van der Waals surface area contributed by atoms with Crippen LogP contribution in [0, 0.1) is 11.3 Å². The summed E-state index contributed by atoms with van der Waals surface area (Å²) in [7, 11) is 3.93. The second-order valence-corrected chi connectivity index (χ2v) is 5.72. The molecule has 0 aliphatic rings. The van der Waals surface area contributed by atoms with Crippen LogP contribution in [0.1, 0.15) is 27.2 Å². The van der Waals surface area contributed by atoms with Gasteiger partial charge in [-0.2, -0.15) is 12.6 Å². The lowest BCUT2D eigenvalue weighted by molar-refractivity contribution is 0.156. The molecule has 0 aromatic heterocycles. The van der Waals surface area contributed by atoms with Crippen molar-refractivity contribution in [1.29, 1.82) is 0 Å². The van der Waals surface area contributed by atoms with Crippen LogP contribution in [0.3, 0.4) is 0 Å². The van der Waals surface area contributed by atoms with Crippen molar-refractivity contribution in [2.45, 2.75) is 27.2 Å². The molecule has 0 heterocycles. The van der Waals surface area contributed by atoms with Crippen molar-refractivity contribution in [1.82, 2.24) is 4.90 Å². The predicted molar refractivity (Wildman–Crippen MR) is 70.8 cm³/mol. The first-order valence-corrected chi connectivity index (χ1v) is 6.33. The lowest BCUT2D eigenvalue weighted by Crippen LogP contribution is -2.35. The van der Waals surface area contributed by atoms with E-state index in [4.69, 9.17) is 4.74 Å². The SMILES string of the molecule is COCCCN(C)CC(CS)C(C)(C)C. The summed E-state index contributed by atoms with van der Waals surface area (Å²) in [5.74, 6) is 1.60. The third-order valence-corrected chi connectivity index (χ3v) is 3.31. The van der Waals surface area contributed by atoms with Crippen molar-refractivity contribution in [2.75, 3.05) is 39.6 Å². The van der Waals surface area contributed by atoms with E-state index < -0.39 is 0 Å². The number of thiol groups is 1. The van der Waals surface area contributed by atoms with Gasteiger partial charge in [-0.05, 0) is 30.6 Å². The number of hydrogen-bond acceptors (Lipinski definition) is 3. The maximum atomic E-state index is 5.05. The lowest BCUT2D eigenvalue weighted by Gasteiger charge is -2.33. The average Bonchev–Trinajstić information content (AvgIpc) is 2.12. The summed E-state index contributed by atoms with van der Waals surface area (Å²) in [5, 5.41) is 0. The normalized spacial score (nSPS) is 14.6. The van der Waals surface area contributed by atoms with Gasteiger partial charge in [0.25, 0.3) is 0 Å². The summed E-state index contributed by atoms with van der Waals surface area (Å²) < 4.78 is 5.05. The topological polar surface area (TPSA) is 12.5 Å². The second kappa shape index (κ2) is 7.53. The van der Waals surface area contributed by atoms with Crippen LogP contribution in [0.25, 0.3) is 0 Å². The molecule has 0 spiro atoms. The van der Waals surface area contributed by atoms with Crippen LogP contribution in [0.5, 0.6) is 0 Å². The highest BCUT2D eigenvalue weighted by molar-refractivity contribution is 7.80. The summed E-state index contributed by atoms with van der Waals surface area (Å²) >= 11 is 4.44. The van der Waals surface area contributed by atoms with Gasteiger partial charge >= 0.3 is 0 Å². The summed E-state index contributed by atoms with van der Waals surface area (Å²) in [5.41, 5.74) is 0.345. The third kappa shape index (κ3) is 7.20. The largest absolute Gasteiger partial charge is 0.385 e. The van der Waals surface area contributed by atoms with Crippen LogP contribution >= 0.6 is 12.6 Å². The fraction of sp³-hybridized carbons (Fsp3) is 1.00. The zero-order valence-electron chi connectivity index (χ0n) is 10.9. The Hall–Kier alpha value is 0.270. The van der Waals surface area contributed by atoms with Crippen molar-refractivity contribution in [2.24, 2.45) is 11.3 Å². The Morgan fingerprint density at radius 3 is 2.33 bits per heavy atom. The van der Waals surface area contributed by atoms with E-state index in [9.17, 15) is 0 Å². The van der Waals surface area contributed by atoms with Gasteiger partial charge in [0.2, 0.25) is 0 Å². The summed E-state index contributed by atoms with van der Waals surface area (Å²) in [4.78, 5) is 2.38. The van der Waals surface area contributed by atoms with Crippen LogP contribution in [0.15, 0.2) is 0 Å². The fourth-order valence-electron chi connectivity index (χ4n) is 1.55. The van der Waals surface area contributed by atoms with Gasteiger partial charge in [0.05, 0.1) is 0 Å². The molecule has 0 radical (unpaired) electrons. The molecule has 0 aromatic rings. The Morgan fingerprint density at radius 2 is 1.93 bits per heavy atom. The average molecular weight is 233 g/mol. The quantitative estimate of drug-likeness (QED) is 0.536. The van der Waals surface area contributed by atoms with Gasteiger partial charge in [0.15, 0.2) is 0 Å². The summed E-state index contributed by atoms with van der Waals surface area (Å²) in [6, 6.07) is 0. The Labute approximate surface area is 101 Å². The number of methoxy groups -OCH3 is 1. The van der Waals surface area contributed by atoms with Gasteiger partial charge in [-0.25, -0.2) is 0 Å². The number of nitrogens with zero attached hydrogens (tertiary/aromatic N) is 1. The van der Waals surface area contributed by atoms with Crippen LogP contribution in [-0.2, 0) is 4.74 Å². The van der Waals surface area contributed by atoms with E-state index in [-0.39, 0.29) is 0 Å². The summed E-state index contributed by atoms with van der Waals surface area (Å²) in [6.45, 7) is 9.95. The molecule has 0 aliphatic heterocycles. The minimum Gasteiger partial charge on any atom is -0.385 e. The minimum atomic E-state index is 0.345. The van der Waals surface area contributed by atoms with E-state index in [1.165, 1.54) is 0 Å². The van der Waals surface area contributed by atoms with Crippen molar-refractivity contribution in [3.63, 3.8) is 0 Å². The Morgan fingerprint density at radius 1 is 1.33 bits per heavy atom. The highest BCUT2D eigenvalue weighted by Crippen LogP contribution is 2.27. The molecule has 0 bridgehead atoms. The monoisotopic (exact) mass is 233 g/mol. The molecule has 0 N–H and O–H groups in total. The Bertz CT molecular complexity index is 156. The molecule has 1 atom stereocenters. The van der Waals surface area contributed by atoms with Crippen LogP contribution in [-0.4, -0.2) is 44.5 Å². The van der Waals surface area contributed by atoms with Crippen molar-refractivity contribution < 1.29 is 4.74 Å². The zero-order valence-corrected chi connectivity index (χ0v) is 11.8. The number of hydrogen-bond donors (Lipinski definition) is 1. The molecule has 0 fully saturated rings. The van der Waals surface area contributed by atoms with Crippen molar-refractivity contribution in [3.8, 4) is 0 Å². The van der Waals surface area contributed by atoms with E-state index in [0.29, 0.717) is 11.3 Å². The second-order valence-electron chi connectivity index (χ2n) is 5.35. The fourth-order valence-corrected chi connectivity index (χ4v) is 2.21. The number of rotatable bonds is 7. The van der Waals surface area contributed by atoms with Crippen molar-refractivity contribution in [3.05, 3.63) is 0 Å².